The molecule has 7 nitrogen and oxygen atoms in total. The third-order valence-corrected chi connectivity index (χ3v) is 4.13. The van der Waals surface area contributed by atoms with Crippen LogP contribution in [0.15, 0.2) is 59.7 Å². The summed E-state index contributed by atoms with van der Waals surface area (Å²) < 4.78 is 11.9. The van der Waals surface area contributed by atoms with Gasteiger partial charge >= 0.3 is 0 Å². The summed E-state index contributed by atoms with van der Waals surface area (Å²) in [5.74, 6) is 1.21. The Kier molecular flexibility index (Phi) is 3.89. The molecule has 0 radical (unpaired) electrons. The zero-order valence-corrected chi connectivity index (χ0v) is 14.3. The highest BCUT2D eigenvalue weighted by molar-refractivity contribution is 5.76. The summed E-state index contributed by atoms with van der Waals surface area (Å²) in [7, 11) is 3.15. The molecule has 0 spiro atoms. The summed E-state index contributed by atoms with van der Waals surface area (Å²) in [5, 5.41) is 4.18. The van der Waals surface area contributed by atoms with E-state index in [1.807, 2.05) is 30.3 Å². The van der Waals surface area contributed by atoms with Crippen LogP contribution in [0.2, 0.25) is 0 Å². The Labute approximate surface area is 148 Å². The number of aromatic amines is 1. The standard InChI is InChI=1S/C19H16N4O3/c1-25-16-7-6-12(9-17(16)26-2)15-10-18(24)23-19(22-15)13(11-21-23)14-5-3-4-8-20-14/h3-11,22H,1-2H3. The quantitative estimate of drug-likeness (QED) is 0.613. The molecule has 0 fully saturated rings. The minimum atomic E-state index is -0.231. The number of pyridine rings is 1. The van der Waals surface area contributed by atoms with Gasteiger partial charge in [0.25, 0.3) is 5.56 Å². The van der Waals surface area contributed by atoms with Crippen LogP contribution in [0.3, 0.4) is 0 Å². The van der Waals surface area contributed by atoms with Crippen LogP contribution in [0.25, 0.3) is 28.2 Å². The summed E-state index contributed by atoms with van der Waals surface area (Å²) in [6.45, 7) is 0. The second-order valence-electron chi connectivity index (χ2n) is 5.62. The lowest BCUT2D eigenvalue weighted by molar-refractivity contribution is 0.355. The van der Waals surface area contributed by atoms with E-state index >= 15 is 0 Å². The summed E-state index contributed by atoms with van der Waals surface area (Å²) in [4.78, 5) is 20.1. The van der Waals surface area contributed by atoms with Crippen LogP contribution in [0, 0.1) is 0 Å². The van der Waals surface area contributed by atoms with Gasteiger partial charge in [-0.3, -0.25) is 9.78 Å². The highest BCUT2D eigenvalue weighted by atomic mass is 16.5. The minimum absolute atomic E-state index is 0.231. The van der Waals surface area contributed by atoms with Crippen LogP contribution in [0.1, 0.15) is 0 Å². The Balaban J connectivity index is 1.91. The monoisotopic (exact) mass is 348 g/mol. The van der Waals surface area contributed by atoms with Crippen molar-refractivity contribution in [2.45, 2.75) is 0 Å². The molecule has 0 saturated heterocycles. The fourth-order valence-electron chi connectivity index (χ4n) is 2.85. The Morgan fingerprint density at radius 1 is 1.04 bits per heavy atom. The summed E-state index contributed by atoms with van der Waals surface area (Å²) in [6, 6.07) is 12.6. The van der Waals surface area contributed by atoms with Crippen molar-refractivity contribution >= 4 is 5.65 Å². The molecule has 0 amide bonds. The predicted molar refractivity (Wildman–Crippen MR) is 97.6 cm³/mol. The molecule has 0 aliphatic rings. The third kappa shape index (κ3) is 2.59. The Hall–Kier alpha value is -3.61. The minimum Gasteiger partial charge on any atom is -0.493 e. The lowest BCUT2D eigenvalue weighted by atomic mass is 10.1. The first-order valence-electron chi connectivity index (χ1n) is 7.96. The fraction of sp³-hybridized carbons (Fsp3) is 0.105. The van der Waals surface area contributed by atoms with Gasteiger partial charge in [0.05, 0.1) is 37.4 Å². The molecule has 0 aliphatic heterocycles. The van der Waals surface area contributed by atoms with E-state index in [2.05, 4.69) is 15.1 Å². The normalized spacial score (nSPS) is 10.8. The summed E-state index contributed by atoms with van der Waals surface area (Å²) >= 11 is 0. The number of rotatable bonds is 4. The van der Waals surface area contributed by atoms with Gasteiger partial charge in [-0.25, -0.2) is 0 Å². The Morgan fingerprint density at radius 3 is 2.62 bits per heavy atom. The van der Waals surface area contributed by atoms with Crippen LogP contribution in [-0.4, -0.2) is 33.8 Å². The topological polar surface area (TPSA) is 81.5 Å². The van der Waals surface area contributed by atoms with Gasteiger partial charge in [0.15, 0.2) is 11.5 Å². The molecule has 7 heteroatoms. The third-order valence-electron chi connectivity index (χ3n) is 4.13. The number of nitrogens with one attached hydrogen (secondary N) is 1. The van der Waals surface area contributed by atoms with Crippen molar-refractivity contribution in [2.24, 2.45) is 0 Å². The summed E-state index contributed by atoms with van der Waals surface area (Å²) in [5.41, 5.74) is 3.30. The average Bonchev–Trinajstić information content (AvgIpc) is 3.12. The van der Waals surface area contributed by atoms with E-state index in [1.165, 1.54) is 10.6 Å². The van der Waals surface area contributed by atoms with E-state index < -0.39 is 0 Å². The molecule has 4 rings (SSSR count). The maximum Gasteiger partial charge on any atom is 0.274 e. The van der Waals surface area contributed by atoms with Gasteiger partial charge in [0.2, 0.25) is 0 Å². The van der Waals surface area contributed by atoms with Crippen molar-refractivity contribution in [1.29, 1.82) is 0 Å². The van der Waals surface area contributed by atoms with Crippen molar-refractivity contribution < 1.29 is 9.47 Å². The van der Waals surface area contributed by atoms with Gasteiger partial charge < -0.3 is 14.5 Å². The highest BCUT2D eigenvalue weighted by Gasteiger charge is 2.13. The van der Waals surface area contributed by atoms with Gasteiger partial charge in [-0.15, -0.1) is 0 Å². The summed E-state index contributed by atoms with van der Waals surface area (Å²) in [6.07, 6.45) is 3.34. The molecule has 130 valence electrons. The van der Waals surface area contributed by atoms with Crippen LogP contribution >= 0.6 is 0 Å². The lowest BCUT2D eigenvalue weighted by Gasteiger charge is -2.10. The van der Waals surface area contributed by atoms with Gasteiger partial charge in [0.1, 0.15) is 5.65 Å². The van der Waals surface area contributed by atoms with Gasteiger partial charge in [-0.2, -0.15) is 9.61 Å². The molecule has 26 heavy (non-hydrogen) atoms. The fourth-order valence-corrected chi connectivity index (χ4v) is 2.85. The van der Waals surface area contributed by atoms with Crippen LogP contribution in [-0.2, 0) is 0 Å². The molecular formula is C19H16N4O3. The number of ether oxygens (including phenoxy) is 2. The molecule has 0 unspecified atom stereocenters. The van der Waals surface area contributed by atoms with E-state index in [0.29, 0.717) is 22.8 Å². The molecule has 0 aliphatic carbocycles. The van der Waals surface area contributed by atoms with Crippen LogP contribution in [0.4, 0.5) is 0 Å². The number of nitrogens with zero attached hydrogens (tertiary/aromatic N) is 3. The average molecular weight is 348 g/mol. The number of hydrogen-bond acceptors (Lipinski definition) is 5. The molecule has 0 atom stereocenters. The molecule has 3 heterocycles. The van der Waals surface area contributed by atoms with E-state index in [9.17, 15) is 4.79 Å². The molecular weight excluding hydrogens is 332 g/mol. The number of aromatic nitrogens is 4. The Bertz CT molecular complexity index is 1130. The maximum absolute atomic E-state index is 12.5. The van der Waals surface area contributed by atoms with E-state index in [0.717, 1.165) is 16.8 Å². The van der Waals surface area contributed by atoms with Gasteiger partial charge in [-0.05, 0) is 30.3 Å². The zero-order chi connectivity index (χ0) is 18.1. The number of hydrogen-bond donors (Lipinski definition) is 1. The van der Waals surface area contributed by atoms with Crippen molar-refractivity contribution in [3.05, 3.63) is 65.2 Å². The second-order valence-corrected chi connectivity index (χ2v) is 5.62. The van der Waals surface area contributed by atoms with Crippen molar-refractivity contribution in [1.82, 2.24) is 19.6 Å². The number of benzene rings is 1. The maximum atomic E-state index is 12.5. The number of H-pyrrole nitrogens is 1. The van der Waals surface area contributed by atoms with Gasteiger partial charge in [0, 0.05) is 17.8 Å². The zero-order valence-electron chi connectivity index (χ0n) is 14.3. The lowest BCUT2D eigenvalue weighted by Crippen LogP contribution is -2.14. The smallest absolute Gasteiger partial charge is 0.274 e. The van der Waals surface area contributed by atoms with Crippen molar-refractivity contribution in [3.8, 4) is 34.0 Å². The SMILES string of the molecule is COc1ccc(-c2cc(=O)n3ncc(-c4ccccn4)c3[nH]2)cc1OC. The largest absolute Gasteiger partial charge is 0.493 e. The molecule has 1 N–H and O–H groups in total. The first-order chi connectivity index (χ1) is 12.7. The first kappa shape index (κ1) is 15.9. The van der Waals surface area contributed by atoms with Crippen molar-refractivity contribution in [3.63, 3.8) is 0 Å². The van der Waals surface area contributed by atoms with E-state index in [1.54, 1.807) is 32.7 Å². The van der Waals surface area contributed by atoms with E-state index in [-0.39, 0.29) is 5.56 Å². The van der Waals surface area contributed by atoms with Crippen molar-refractivity contribution in [2.75, 3.05) is 14.2 Å². The molecule has 0 bridgehead atoms. The predicted octanol–water partition coefficient (Wildman–Crippen LogP) is 2.77. The van der Waals surface area contributed by atoms with Crippen LogP contribution in [0.5, 0.6) is 11.5 Å². The van der Waals surface area contributed by atoms with Gasteiger partial charge in [-0.1, -0.05) is 6.07 Å². The number of methoxy groups -OCH3 is 2. The number of fused-ring (bicyclic) bond motifs is 1. The molecule has 4 aromatic rings. The molecule has 3 aromatic heterocycles. The van der Waals surface area contributed by atoms with E-state index in [4.69, 9.17) is 9.47 Å². The highest BCUT2D eigenvalue weighted by Crippen LogP contribution is 2.31. The second kappa shape index (κ2) is 6.36. The Morgan fingerprint density at radius 2 is 1.88 bits per heavy atom. The molecule has 0 saturated carbocycles. The molecule has 1 aromatic carbocycles. The first-order valence-corrected chi connectivity index (χ1v) is 7.96. The van der Waals surface area contributed by atoms with Crippen LogP contribution < -0.4 is 15.0 Å².